The van der Waals surface area contributed by atoms with E-state index in [0.717, 1.165) is 28.9 Å². The molecule has 0 bridgehead atoms. The van der Waals surface area contributed by atoms with Crippen molar-refractivity contribution >= 4 is 17.5 Å². The van der Waals surface area contributed by atoms with Crippen molar-refractivity contribution in [2.24, 2.45) is 11.7 Å². The lowest BCUT2D eigenvalue weighted by Crippen LogP contribution is -2.17. The van der Waals surface area contributed by atoms with E-state index >= 15 is 0 Å². The van der Waals surface area contributed by atoms with E-state index in [9.17, 15) is 4.79 Å². The van der Waals surface area contributed by atoms with Gasteiger partial charge in [0.2, 0.25) is 0 Å². The molecule has 23 heavy (non-hydrogen) atoms. The van der Waals surface area contributed by atoms with Crippen LogP contribution in [0.4, 0.5) is 0 Å². The second-order valence-corrected chi connectivity index (χ2v) is 6.80. The molecule has 0 spiro atoms. The molecule has 0 saturated heterocycles. The van der Waals surface area contributed by atoms with Gasteiger partial charge >= 0.3 is 0 Å². The molecule has 0 aliphatic carbocycles. The first-order valence-corrected chi connectivity index (χ1v) is 8.46. The number of nitrogens with two attached hydrogens (primary N) is 1. The van der Waals surface area contributed by atoms with Crippen LogP contribution in [0.25, 0.3) is 11.1 Å². The molecule has 1 unspecified atom stereocenters. The Balaban J connectivity index is 2.81. The molecule has 0 fully saturated rings. The number of carbonyl (C=O) groups is 1. The molecular formula is C19H25ClN2O. The van der Waals surface area contributed by atoms with Gasteiger partial charge in [0.25, 0.3) is 5.91 Å². The molecule has 1 heterocycles. The van der Waals surface area contributed by atoms with Gasteiger partial charge in [0.05, 0.1) is 5.56 Å². The Morgan fingerprint density at radius 3 is 2.22 bits per heavy atom. The lowest BCUT2D eigenvalue weighted by atomic mass is 9.99. The van der Waals surface area contributed by atoms with Crippen molar-refractivity contribution < 1.29 is 4.79 Å². The fourth-order valence-corrected chi connectivity index (χ4v) is 3.32. The maximum Gasteiger partial charge on any atom is 0.251 e. The zero-order chi connectivity index (χ0) is 17.3. The van der Waals surface area contributed by atoms with Gasteiger partial charge in [-0.25, -0.2) is 0 Å². The molecule has 0 radical (unpaired) electrons. The summed E-state index contributed by atoms with van der Waals surface area (Å²) in [5.41, 5.74) is 10.4. The molecule has 2 N–H and O–H groups in total. The van der Waals surface area contributed by atoms with Crippen LogP contribution < -0.4 is 5.73 Å². The number of primary amides is 1. The molecule has 2 rings (SSSR count). The molecule has 1 amide bonds. The van der Waals surface area contributed by atoms with Gasteiger partial charge in [-0.1, -0.05) is 44.5 Å². The summed E-state index contributed by atoms with van der Waals surface area (Å²) in [6.45, 7) is 10.7. The van der Waals surface area contributed by atoms with Gasteiger partial charge in [0.1, 0.15) is 0 Å². The van der Waals surface area contributed by atoms with Crippen molar-refractivity contribution in [3.63, 3.8) is 0 Å². The van der Waals surface area contributed by atoms with E-state index in [1.807, 2.05) is 31.2 Å². The van der Waals surface area contributed by atoms with Crippen LogP contribution in [0.1, 0.15) is 55.5 Å². The summed E-state index contributed by atoms with van der Waals surface area (Å²) in [7, 11) is 0. The van der Waals surface area contributed by atoms with Crippen molar-refractivity contribution in [1.29, 1.82) is 0 Å². The Morgan fingerprint density at radius 1 is 1.22 bits per heavy atom. The average Bonchev–Trinajstić information content (AvgIpc) is 2.79. The van der Waals surface area contributed by atoms with Gasteiger partial charge in [0.15, 0.2) is 0 Å². The summed E-state index contributed by atoms with van der Waals surface area (Å²) < 4.78 is 2.27. The van der Waals surface area contributed by atoms with E-state index < -0.39 is 0 Å². The number of hydrogen-bond acceptors (Lipinski definition) is 1. The van der Waals surface area contributed by atoms with E-state index in [2.05, 4.69) is 32.3 Å². The topological polar surface area (TPSA) is 48.0 Å². The number of hydrogen-bond donors (Lipinski definition) is 1. The molecule has 1 atom stereocenters. The average molecular weight is 333 g/mol. The number of nitrogens with zero attached hydrogens (tertiary/aromatic N) is 1. The maximum atomic E-state index is 12.1. The normalized spacial score (nSPS) is 12.7. The first-order chi connectivity index (χ1) is 10.8. The molecular weight excluding hydrogens is 308 g/mol. The predicted octanol–water partition coefficient (Wildman–Crippen LogP) is 5.00. The fraction of sp³-hybridized carbons (Fsp3) is 0.421. The maximum absolute atomic E-state index is 12.1. The molecule has 3 nitrogen and oxygen atoms in total. The summed E-state index contributed by atoms with van der Waals surface area (Å²) >= 11 is 6.01. The minimum Gasteiger partial charge on any atom is -0.366 e. The third kappa shape index (κ3) is 3.16. The Bertz CT molecular complexity index is 714. The summed E-state index contributed by atoms with van der Waals surface area (Å²) in [6, 6.07) is 7.89. The van der Waals surface area contributed by atoms with Gasteiger partial charge < -0.3 is 10.3 Å². The number of carbonyl (C=O) groups excluding carboxylic acids is 1. The van der Waals surface area contributed by atoms with Crippen molar-refractivity contribution in [3.05, 3.63) is 46.2 Å². The van der Waals surface area contributed by atoms with Crippen molar-refractivity contribution in [2.75, 3.05) is 0 Å². The summed E-state index contributed by atoms with van der Waals surface area (Å²) in [4.78, 5) is 12.1. The SMILES string of the molecule is CCc1c(-c2ccc(Cl)cc2)c(C(N)=O)c(C)n1C(C)C(C)C. The first kappa shape index (κ1) is 17.6. The molecule has 0 aliphatic heterocycles. The van der Waals surface area contributed by atoms with Crippen LogP contribution in [-0.2, 0) is 6.42 Å². The summed E-state index contributed by atoms with van der Waals surface area (Å²) in [6.07, 6.45) is 0.836. The highest BCUT2D eigenvalue weighted by atomic mass is 35.5. The highest BCUT2D eigenvalue weighted by Gasteiger charge is 2.26. The van der Waals surface area contributed by atoms with Gasteiger partial charge in [-0.05, 0) is 43.9 Å². The number of halogens is 1. The van der Waals surface area contributed by atoms with E-state index in [4.69, 9.17) is 17.3 Å². The third-order valence-corrected chi connectivity index (χ3v) is 4.89. The zero-order valence-corrected chi connectivity index (χ0v) is 15.2. The molecule has 2 aromatic rings. The summed E-state index contributed by atoms with van der Waals surface area (Å²) in [5, 5.41) is 0.680. The van der Waals surface area contributed by atoms with Crippen LogP contribution in [0.5, 0.6) is 0 Å². The molecule has 124 valence electrons. The standard InChI is InChI=1S/C19H25ClN2O/c1-6-16-18(14-7-9-15(20)10-8-14)17(19(21)23)13(5)22(16)12(4)11(2)3/h7-12H,6H2,1-5H3,(H2,21,23). The van der Waals surface area contributed by atoms with E-state index in [1.165, 1.54) is 0 Å². The predicted molar refractivity (Wildman–Crippen MR) is 97.1 cm³/mol. The number of amides is 1. The van der Waals surface area contributed by atoms with E-state index in [1.54, 1.807) is 0 Å². The Kier molecular flexibility index (Phi) is 5.20. The highest BCUT2D eigenvalue weighted by molar-refractivity contribution is 6.30. The van der Waals surface area contributed by atoms with Gasteiger partial charge in [-0.2, -0.15) is 0 Å². The Hall–Kier alpha value is -1.74. The van der Waals surface area contributed by atoms with Crippen molar-refractivity contribution in [2.45, 2.75) is 47.1 Å². The minimum absolute atomic E-state index is 0.295. The second kappa shape index (κ2) is 6.79. The largest absolute Gasteiger partial charge is 0.366 e. The van der Waals surface area contributed by atoms with Crippen LogP contribution in [0.2, 0.25) is 5.02 Å². The Labute approximate surface area is 143 Å². The molecule has 0 saturated carbocycles. The smallest absolute Gasteiger partial charge is 0.251 e. The van der Waals surface area contributed by atoms with Crippen LogP contribution in [0.15, 0.2) is 24.3 Å². The molecule has 1 aromatic carbocycles. The van der Waals surface area contributed by atoms with Gasteiger partial charge in [-0.15, -0.1) is 0 Å². The first-order valence-electron chi connectivity index (χ1n) is 8.08. The van der Waals surface area contributed by atoms with E-state index in [-0.39, 0.29) is 5.91 Å². The van der Waals surface area contributed by atoms with Crippen LogP contribution in [0, 0.1) is 12.8 Å². The minimum atomic E-state index is -0.378. The zero-order valence-electron chi connectivity index (χ0n) is 14.5. The monoisotopic (exact) mass is 332 g/mol. The number of benzene rings is 1. The molecule has 0 aliphatic rings. The highest BCUT2D eigenvalue weighted by Crippen LogP contribution is 2.37. The lowest BCUT2D eigenvalue weighted by Gasteiger charge is -2.23. The van der Waals surface area contributed by atoms with E-state index in [0.29, 0.717) is 22.5 Å². The van der Waals surface area contributed by atoms with Crippen LogP contribution >= 0.6 is 11.6 Å². The lowest BCUT2D eigenvalue weighted by molar-refractivity contribution is 0.1000. The summed E-state index contributed by atoms with van der Waals surface area (Å²) in [5.74, 6) is 0.0852. The third-order valence-electron chi connectivity index (χ3n) is 4.64. The molecule has 4 heteroatoms. The quantitative estimate of drug-likeness (QED) is 0.823. The van der Waals surface area contributed by atoms with Gasteiger partial charge in [-0.3, -0.25) is 4.79 Å². The van der Waals surface area contributed by atoms with Crippen LogP contribution in [0.3, 0.4) is 0 Å². The van der Waals surface area contributed by atoms with Gasteiger partial charge in [0, 0.05) is 28.0 Å². The van der Waals surface area contributed by atoms with Crippen molar-refractivity contribution in [1.82, 2.24) is 4.57 Å². The van der Waals surface area contributed by atoms with Crippen LogP contribution in [-0.4, -0.2) is 10.5 Å². The van der Waals surface area contributed by atoms with Crippen molar-refractivity contribution in [3.8, 4) is 11.1 Å². The fourth-order valence-electron chi connectivity index (χ4n) is 3.19. The molecule has 1 aromatic heterocycles. The second-order valence-electron chi connectivity index (χ2n) is 6.36. The number of aromatic nitrogens is 1. The number of rotatable bonds is 5. The Morgan fingerprint density at radius 2 is 1.78 bits per heavy atom.